The van der Waals surface area contributed by atoms with Crippen molar-refractivity contribution in [3.05, 3.63) is 60.5 Å². The molecule has 1 fully saturated rings. The summed E-state index contributed by atoms with van der Waals surface area (Å²) in [6, 6.07) is 10.7. The maximum Gasteiger partial charge on any atom is 0.287 e. The molecule has 3 N–H and O–H groups in total. The summed E-state index contributed by atoms with van der Waals surface area (Å²) in [6.07, 6.45) is 1.87. The summed E-state index contributed by atoms with van der Waals surface area (Å²) >= 11 is 0. The number of carbonyl (C=O) groups excluding carboxylic acids is 3. The van der Waals surface area contributed by atoms with E-state index in [1.165, 1.54) is 24.4 Å². The number of nitrogens with one attached hydrogen (secondary N) is 2. The Balaban J connectivity index is 1.40. The fourth-order valence-electron chi connectivity index (χ4n) is 3.78. The lowest BCUT2D eigenvalue weighted by atomic mass is 10.1. The zero-order valence-corrected chi connectivity index (χ0v) is 19.4. The first-order valence-corrected chi connectivity index (χ1v) is 12.4. The number of ketones is 1. The number of amides is 2. The number of benzene rings is 1. The second-order valence-corrected chi connectivity index (χ2v) is 9.92. The minimum absolute atomic E-state index is 0.0293. The molecular formula is C23H24N4O7S. The summed E-state index contributed by atoms with van der Waals surface area (Å²) in [6.45, 7) is -1.05. The normalized spacial score (nSPS) is 18.1. The zero-order chi connectivity index (χ0) is 25.0. The van der Waals surface area contributed by atoms with Crippen LogP contribution < -0.4 is 10.6 Å². The third-order valence-electron chi connectivity index (χ3n) is 5.63. The van der Waals surface area contributed by atoms with Crippen LogP contribution in [0.5, 0.6) is 0 Å². The number of hydrogen-bond donors (Lipinski definition) is 3. The molecule has 11 nitrogen and oxygen atoms in total. The van der Waals surface area contributed by atoms with Gasteiger partial charge in [0.1, 0.15) is 11.6 Å². The summed E-state index contributed by atoms with van der Waals surface area (Å²) in [7, 11) is -3.97. The van der Waals surface area contributed by atoms with Crippen molar-refractivity contribution < 1.29 is 32.3 Å². The molecule has 1 aliphatic rings. The van der Waals surface area contributed by atoms with Gasteiger partial charge in [-0.25, -0.2) is 13.4 Å². The van der Waals surface area contributed by atoms with Crippen molar-refractivity contribution in [2.24, 2.45) is 0 Å². The Morgan fingerprint density at radius 2 is 1.97 bits per heavy atom. The van der Waals surface area contributed by atoms with E-state index in [1.54, 1.807) is 30.3 Å². The van der Waals surface area contributed by atoms with E-state index in [0.717, 1.165) is 4.31 Å². The van der Waals surface area contributed by atoms with E-state index in [9.17, 15) is 27.9 Å². The van der Waals surface area contributed by atoms with Crippen molar-refractivity contribution >= 4 is 38.6 Å². The number of nitrogens with zero attached hydrogens (tertiary/aromatic N) is 2. The van der Waals surface area contributed by atoms with E-state index >= 15 is 0 Å². The Hall–Kier alpha value is -3.61. The molecule has 2 amide bonds. The quantitative estimate of drug-likeness (QED) is 0.422. The number of hydrogen-bond acceptors (Lipinski definition) is 8. The van der Waals surface area contributed by atoms with Gasteiger partial charge in [0, 0.05) is 18.1 Å². The van der Waals surface area contributed by atoms with Gasteiger partial charge in [0.15, 0.2) is 16.6 Å². The van der Waals surface area contributed by atoms with Crippen LogP contribution in [0.2, 0.25) is 0 Å². The van der Waals surface area contributed by atoms with Gasteiger partial charge < -0.3 is 20.2 Å². The Morgan fingerprint density at radius 3 is 2.69 bits per heavy atom. The number of para-hydroxylation sites is 1. The van der Waals surface area contributed by atoms with Crippen molar-refractivity contribution in [3.8, 4) is 0 Å². The Kier molecular flexibility index (Phi) is 7.24. The molecule has 1 unspecified atom stereocenters. The number of pyridine rings is 1. The van der Waals surface area contributed by atoms with Crippen molar-refractivity contribution in [1.82, 2.24) is 19.9 Å². The van der Waals surface area contributed by atoms with E-state index in [0.29, 0.717) is 17.4 Å². The first-order valence-electron chi connectivity index (χ1n) is 10.9. The monoisotopic (exact) mass is 500 g/mol. The summed E-state index contributed by atoms with van der Waals surface area (Å²) in [5.74, 6) is -2.00. The molecule has 1 aromatic carbocycles. The number of furan rings is 1. The maximum atomic E-state index is 12.8. The minimum Gasteiger partial charge on any atom is -0.451 e. The van der Waals surface area contributed by atoms with Crippen LogP contribution in [0, 0.1) is 0 Å². The lowest BCUT2D eigenvalue weighted by Gasteiger charge is -2.21. The van der Waals surface area contributed by atoms with E-state index in [1.807, 2.05) is 0 Å². The Labute approximate surface area is 201 Å². The molecule has 1 aliphatic heterocycles. The molecule has 0 spiro atoms. The molecule has 0 bridgehead atoms. The van der Waals surface area contributed by atoms with Gasteiger partial charge in [0.25, 0.3) is 15.9 Å². The first kappa shape index (κ1) is 24.5. The number of rotatable bonds is 7. The summed E-state index contributed by atoms with van der Waals surface area (Å²) in [5.41, 5.74) is 0.497. The van der Waals surface area contributed by atoms with Crippen LogP contribution in [-0.4, -0.2) is 72.2 Å². The van der Waals surface area contributed by atoms with Crippen LogP contribution in [0.25, 0.3) is 11.0 Å². The van der Waals surface area contributed by atoms with Crippen molar-refractivity contribution in [1.29, 1.82) is 0 Å². The highest BCUT2D eigenvalue weighted by molar-refractivity contribution is 7.89. The van der Waals surface area contributed by atoms with Crippen molar-refractivity contribution in [2.45, 2.75) is 30.0 Å². The SMILES string of the molecule is O=C(N[C@@H](CO)C(=O)NC1CCCN(S(=O)(=O)c2ccccn2)CC1=O)c1cc2ccccc2o1. The van der Waals surface area contributed by atoms with Crippen molar-refractivity contribution in [3.63, 3.8) is 0 Å². The molecule has 0 saturated carbocycles. The molecule has 0 radical (unpaired) electrons. The number of aliphatic hydroxyl groups excluding tert-OH is 1. The van der Waals surface area contributed by atoms with Crippen LogP contribution in [0.3, 0.4) is 0 Å². The molecule has 184 valence electrons. The highest BCUT2D eigenvalue weighted by Crippen LogP contribution is 2.19. The van der Waals surface area contributed by atoms with E-state index in [-0.39, 0.29) is 23.8 Å². The largest absolute Gasteiger partial charge is 0.451 e. The molecule has 2 atom stereocenters. The van der Waals surface area contributed by atoms with Gasteiger partial charge in [-0.05, 0) is 37.1 Å². The topological polar surface area (TPSA) is 159 Å². The third kappa shape index (κ3) is 5.39. The van der Waals surface area contributed by atoms with E-state index in [2.05, 4.69) is 15.6 Å². The molecule has 12 heteroatoms. The lowest BCUT2D eigenvalue weighted by molar-refractivity contribution is -0.129. The Bertz CT molecular complexity index is 1310. The second kappa shape index (κ2) is 10.3. The third-order valence-corrected chi connectivity index (χ3v) is 7.39. The second-order valence-electron chi connectivity index (χ2n) is 8.03. The minimum atomic E-state index is -3.97. The van der Waals surface area contributed by atoms with Gasteiger partial charge in [-0.15, -0.1) is 0 Å². The van der Waals surface area contributed by atoms with Gasteiger partial charge in [0.2, 0.25) is 5.91 Å². The molecule has 2 aromatic heterocycles. The summed E-state index contributed by atoms with van der Waals surface area (Å²) in [4.78, 5) is 41.9. The molecule has 3 aromatic rings. The van der Waals surface area contributed by atoms with Crippen LogP contribution in [0.1, 0.15) is 23.4 Å². The Morgan fingerprint density at radius 1 is 1.20 bits per heavy atom. The highest BCUT2D eigenvalue weighted by atomic mass is 32.2. The molecule has 3 heterocycles. The summed E-state index contributed by atoms with van der Waals surface area (Å²) < 4.78 is 32.2. The number of carbonyl (C=O) groups is 3. The van der Waals surface area contributed by atoms with Crippen molar-refractivity contribution in [2.75, 3.05) is 19.7 Å². The molecule has 4 rings (SSSR count). The average Bonchev–Trinajstić information content (AvgIpc) is 3.21. The molecule has 0 aliphatic carbocycles. The highest BCUT2D eigenvalue weighted by Gasteiger charge is 2.34. The van der Waals surface area contributed by atoms with Crippen LogP contribution >= 0.6 is 0 Å². The zero-order valence-electron chi connectivity index (χ0n) is 18.6. The van der Waals surface area contributed by atoms with Crippen LogP contribution in [0.15, 0.2) is 64.2 Å². The fraction of sp³-hybridized carbons (Fsp3) is 0.304. The number of aliphatic hydroxyl groups is 1. The molecule has 1 saturated heterocycles. The smallest absolute Gasteiger partial charge is 0.287 e. The van der Waals surface area contributed by atoms with E-state index < -0.39 is 52.9 Å². The fourth-order valence-corrected chi connectivity index (χ4v) is 5.15. The van der Waals surface area contributed by atoms with Crippen LogP contribution in [0.4, 0.5) is 0 Å². The van der Waals surface area contributed by atoms with Gasteiger partial charge in [-0.1, -0.05) is 24.3 Å². The predicted octanol–water partition coefficient (Wildman–Crippen LogP) is 0.457. The van der Waals surface area contributed by atoms with Gasteiger partial charge in [-0.3, -0.25) is 14.4 Å². The summed E-state index contributed by atoms with van der Waals surface area (Å²) in [5, 5.41) is 15.1. The number of sulfonamides is 1. The average molecular weight is 501 g/mol. The first-order chi connectivity index (χ1) is 16.8. The molecule has 35 heavy (non-hydrogen) atoms. The maximum absolute atomic E-state index is 12.8. The van der Waals surface area contributed by atoms with E-state index in [4.69, 9.17) is 4.42 Å². The number of Topliss-reactive ketones (excluding diaryl/α,β-unsaturated/α-hetero) is 1. The van der Waals surface area contributed by atoms with Gasteiger partial charge in [-0.2, -0.15) is 4.31 Å². The predicted molar refractivity (Wildman–Crippen MR) is 124 cm³/mol. The number of fused-ring (bicyclic) bond motifs is 1. The lowest BCUT2D eigenvalue weighted by Crippen LogP contribution is -2.53. The molecular weight excluding hydrogens is 476 g/mol. The van der Waals surface area contributed by atoms with Crippen LogP contribution in [-0.2, 0) is 19.6 Å². The number of aromatic nitrogens is 1. The van der Waals surface area contributed by atoms with Gasteiger partial charge in [0.05, 0.1) is 19.2 Å². The standard InChI is InChI=1S/C23H24N4O7S/c28-14-17(26-23(31)20-12-15-6-1-2-8-19(15)34-20)22(30)25-16-7-5-11-27(13-18(16)29)35(32,33)21-9-3-4-10-24-21/h1-4,6,8-10,12,16-17,28H,5,7,11,13-14H2,(H,25,30)(H,26,31)/t16?,17-/m0/s1. The van der Waals surface area contributed by atoms with Gasteiger partial charge >= 0.3 is 0 Å².